The van der Waals surface area contributed by atoms with Gasteiger partial charge in [-0.15, -0.1) is 0 Å². The van der Waals surface area contributed by atoms with E-state index in [4.69, 9.17) is 4.74 Å². The number of rotatable bonds is 10. The van der Waals surface area contributed by atoms with E-state index in [1.165, 1.54) is 30.3 Å². The number of nitrogens with zero attached hydrogens (tertiary/aromatic N) is 1. The topological polar surface area (TPSA) is 46.6 Å². The van der Waals surface area contributed by atoms with Gasteiger partial charge >= 0.3 is 6.18 Å². The average molecular weight is 496 g/mol. The molecule has 0 atom stereocenters. The smallest absolute Gasteiger partial charge is 0.416 e. The van der Waals surface area contributed by atoms with Crippen molar-refractivity contribution < 1.29 is 30.7 Å². The van der Waals surface area contributed by atoms with Crippen molar-refractivity contribution in [2.75, 3.05) is 19.4 Å². The highest BCUT2D eigenvalue weighted by Crippen LogP contribution is 2.30. The zero-order valence-electron chi connectivity index (χ0n) is 18.6. The van der Waals surface area contributed by atoms with Gasteiger partial charge in [0.25, 0.3) is 0 Å². The van der Waals surface area contributed by atoms with Gasteiger partial charge in [0.15, 0.2) is 9.84 Å². The van der Waals surface area contributed by atoms with Crippen LogP contribution in [0.4, 0.5) is 17.6 Å². The summed E-state index contributed by atoms with van der Waals surface area (Å²) < 4.78 is 81.6. The van der Waals surface area contributed by atoms with Crippen molar-refractivity contribution in [2.24, 2.45) is 0 Å². The van der Waals surface area contributed by atoms with Gasteiger partial charge in [-0.2, -0.15) is 13.2 Å². The zero-order chi connectivity index (χ0) is 24.8. The van der Waals surface area contributed by atoms with Crippen LogP contribution in [0.15, 0.2) is 77.7 Å². The van der Waals surface area contributed by atoms with E-state index in [0.29, 0.717) is 30.8 Å². The van der Waals surface area contributed by atoms with Crippen molar-refractivity contribution in [2.45, 2.75) is 30.6 Å². The summed E-state index contributed by atoms with van der Waals surface area (Å²) in [7, 11) is -3.35. The Bertz CT molecular complexity index is 1200. The van der Waals surface area contributed by atoms with Crippen molar-refractivity contribution in [1.29, 1.82) is 0 Å². The van der Waals surface area contributed by atoms with Crippen LogP contribution in [0.2, 0.25) is 0 Å². The molecule has 0 aromatic heterocycles. The van der Waals surface area contributed by atoms with E-state index in [0.717, 1.165) is 24.0 Å². The van der Waals surface area contributed by atoms with Crippen LogP contribution < -0.4 is 4.74 Å². The van der Waals surface area contributed by atoms with Crippen molar-refractivity contribution in [3.05, 3.63) is 95.3 Å². The second-order valence-electron chi connectivity index (χ2n) is 7.98. The second kappa shape index (κ2) is 11.0. The molecule has 0 unspecified atom stereocenters. The van der Waals surface area contributed by atoms with E-state index in [9.17, 15) is 26.0 Å². The molecule has 34 heavy (non-hydrogen) atoms. The Morgan fingerprint density at radius 2 is 1.56 bits per heavy atom. The van der Waals surface area contributed by atoms with Gasteiger partial charge in [-0.25, -0.2) is 12.8 Å². The van der Waals surface area contributed by atoms with Gasteiger partial charge in [-0.1, -0.05) is 36.4 Å². The molecule has 3 aromatic carbocycles. The molecule has 182 valence electrons. The normalized spacial score (nSPS) is 12.2. The van der Waals surface area contributed by atoms with Crippen LogP contribution in [0.3, 0.4) is 0 Å². The largest absolute Gasteiger partial charge is 0.494 e. The molecule has 0 radical (unpaired) electrons. The van der Waals surface area contributed by atoms with E-state index >= 15 is 0 Å². The van der Waals surface area contributed by atoms with Gasteiger partial charge in [-0.05, 0) is 53.9 Å². The summed E-state index contributed by atoms with van der Waals surface area (Å²) in [5.74, 6) is 0.0591. The molecule has 0 N–H and O–H groups in total. The van der Waals surface area contributed by atoms with E-state index in [-0.39, 0.29) is 23.9 Å². The third kappa shape index (κ3) is 7.85. The minimum atomic E-state index is -4.42. The van der Waals surface area contributed by atoms with Gasteiger partial charge in [-0.3, -0.25) is 4.90 Å². The van der Waals surface area contributed by atoms with Crippen LogP contribution in [0, 0.1) is 5.82 Å². The van der Waals surface area contributed by atoms with Crippen LogP contribution in [-0.2, 0) is 29.1 Å². The first-order valence-corrected chi connectivity index (χ1v) is 12.5. The Morgan fingerprint density at radius 3 is 2.24 bits per heavy atom. The molecule has 0 saturated heterocycles. The van der Waals surface area contributed by atoms with Gasteiger partial charge in [0.1, 0.15) is 11.6 Å². The minimum absolute atomic E-state index is 0.160. The fraction of sp³-hybridized carbons (Fsp3) is 0.280. The Hall–Kier alpha value is -2.91. The molecule has 3 rings (SSSR count). The minimum Gasteiger partial charge on any atom is -0.494 e. The number of hydrogen-bond acceptors (Lipinski definition) is 4. The zero-order valence-corrected chi connectivity index (χ0v) is 19.4. The number of sulfone groups is 1. The molecular formula is C25H25F4NO3S. The maximum atomic E-state index is 13.3. The lowest BCUT2D eigenvalue weighted by Gasteiger charge is -2.23. The molecule has 9 heteroatoms. The molecule has 0 spiro atoms. The number of alkyl halides is 3. The molecule has 0 saturated carbocycles. The number of benzene rings is 3. The molecule has 0 aliphatic heterocycles. The Balaban J connectivity index is 1.66. The number of ether oxygens (including phenoxy) is 1. The van der Waals surface area contributed by atoms with Crippen molar-refractivity contribution in [1.82, 2.24) is 4.90 Å². The van der Waals surface area contributed by atoms with Gasteiger partial charge < -0.3 is 4.74 Å². The van der Waals surface area contributed by atoms with Gasteiger partial charge in [0.05, 0.1) is 17.1 Å². The highest BCUT2D eigenvalue weighted by atomic mass is 32.2. The highest BCUT2D eigenvalue weighted by Gasteiger charge is 2.30. The van der Waals surface area contributed by atoms with E-state index in [1.54, 1.807) is 30.3 Å². The predicted octanol–water partition coefficient (Wildman–Crippen LogP) is 5.72. The molecule has 0 amide bonds. The molecule has 0 bridgehead atoms. The van der Waals surface area contributed by atoms with E-state index in [2.05, 4.69) is 0 Å². The first-order chi connectivity index (χ1) is 16.0. The first-order valence-electron chi connectivity index (χ1n) is 10.6. The lowest BCUT2D eigenvalue weighted by atomic mass is 10.1. The third-order valence-electron chi connectivity index (χ3n) is 5.10. The molecule has 0 heterocycles. The Kier molecular flexibility index (Phi) is 8.33. The van der Waals surface area contributed by atoms with Gasteiger partial charge in [0.2, 0.25) is 0 Å². The summed E-state index contributed by atoms with van der Waals surface area (Å²) in [5, 5.41) is 0. The van der Waals surface area contributed by atoms with E-state index in [1.807, 2.05) is 4.90 Å². The number of halogens is 4. The predicted molar refractivity (Wildman–Crippen MR) is 122 cm³/mol. The fourth-order valence-corrected chi connectivity index (χ4v) is 4.10. The maximum Gasteiger partial charge on any atom is 0.416 e. The standard InChI is InChI=1S/C25H25F4NO3S/c1-34(31,32)24-8-3-7-23(16-24)33-14-4-13-30(17-19-9-11-22(26)12-10-19)18-20-5-2-6-21(15-20)25(27,28)29/h2-3,5-12,15-16H,4,13-14,17-18H2,1H3. The molecule has 0 aliphatic carbocycles. The molecule has 3 aromatic rings. The summed E-state index contributed by atoms with van der Waals surface area (Å²) in [6, 6.07) is 17.3. The molecular weight excluding hydrogens is 470 g/mol. The summed E-state index contributed by atoms with van der Waals surface area (Å²) in [6.45, 7) is 1.47. The SMILES string of the molecule is CS(=O)(=O)c1cccc(OCCCN(Cc2ccc(F)cc2)Cc2cccc(C(F)(F)F)c2)c1. The first kappa shape index (κ1) is 25.7. The van der Waals surface area contributed by atoms with E-state index < -0.39 is 21.6 Å². The van der Waals surface area contributed by atoms with Crippen LogP contribution >= 0.6 is 0 Å². The average Bonchev–Trinajstić information content (AvgIpc) is 2.77. The monoisotopic (exact) mass is 495 g/mol. The maximum absolute atomic E-state index is 13.3. The van der Waals surface area contributed by atoms with Crippen LogP contribution in [0.25, 0.3) is 0 Å². The second-order valence-corrected chi connectivity index (χ2v) is 10.0. The highest BCUT2D eigenvalue weighted by molar-refractivity contribution is 7.90. The van der Waals surface area contributed by atoms with Crippen LogP contribution in [0.1, 0.15) is 23.1 Å². The molecule has 0 aliphatic rings. The van der Waals surface area contributed by atoms with Crippen LogP contribution in [0.5, 0.6) is 5.75 Å². The summed E-state index contributed by atoms with van der Waals surface area (Å²) in [5.41, 5.74) is 0.634. The Morgan fingerprint density at radius 1 is 0.882 bits per heavy atom. The fourth-order valence-electron chi connectivity index (χ4n) is 3.44. The summed E-state index contributed by atoms with van der Waals surface area (Å²) >= 11 is 0. The number of hydrogen-bond donors (Lipinski definition) is 0. The quantitative estimate of drug-likeness (QED) is 0.267. The summed E-state index contributed by atoms with van der Waals surface area (Å²) in [6.07, 6.45) is -2.76. The third-order valence-corrected chi connectivity index (χ3v) is 6.21. The van der Waals surface area contributed by atoms with Crippen molar-refractivity contribution in [3.63, 3.8) is 0 Å². The van der Waals surface area contributed by atoms with Crippen LogP contribution in [-0.4, -0.2) is 32.7 Å². The lowest BCUT2D eigenvalue weighted by Crippen LogP contribution is -2.25. The van der Waals surface area contributed by atoms with Crippen molar-refractivity contribution in [3.8, 4) is 5.75 Å². The molecule has 4 nitrogen and oxygen atoms in total. The van der Waals surface area contributed by atoms with Crippen molar-refractivity contribution >= 4 is 9.84 Å². The lowest BCUT2D eigenvalue weighted by molar-refractivity contribution is -0.137. The summed E-state index contributed by atoms with van der Waals surface area (Å²) in [4.78, 5) is 2.12. The Labute approximate surface area is 196 Å². The van der Waals surface area contributed by atoms with Gasteiger partial charge in [0, 0.05) is 25.9 Å². The molecule has 0 fully saturated rings.